The van der Waals surface area contributed by atoms with Crippen LogP contribution in [0.2, 0.25) is 0 Å². The normalized spacial score (nSPS) is 11.9. The molecule has 0 saturated heterocycles. The molecule has 0 fully saturated rings. The molecule has 2 aromatic rings. The molecule has 1 heterocycles. The third-order valence-electron chi connectivity index (χ3n) is 3.51. The number of carboxylic acid groups (broad SMARTS) is 1. The van der Waals surface area contributed by atoms with Crippen LogP contribution in [0.1, 0.15) is 27.7 Å². The number of amides is 1. The first-order valence-electron chi connectivity index (χ1n) is 7.07. The van der Waals surface area contributed by atoms with E-state index in [9.17, 15) is 9.59 Å². The fourth-order valence-electron chi connectivity index (χ4n) is 2.30. The summed E-state index contributed by atoms with van der Waals surface area (Å²) in [7, 11) is 1.78. The number of carboxylic acids is 1. The largest absolute Gasteiger partial charge is 0.478 e. The van der Waals surface area contributed by atoms with Crippen LogP contribution in [0.5, 0.6) is 0 Å². The summed E-state index contributed by atoms with van der Waals surface area (Å²) in [5.74, 6) is -0.918. The van der Waals surface area contributed by atoms with Crippen molar-refractivity contribution >= 4 is 23.2 Å². The number of nitrogens with zero attached hydrogens (tertiary/aromatic N) is 1. The van der Waals surface area contributed by atoms with Crippen LogP contribution in [-0.4, -0.2) is 28.9 Å². The second kappa shape index (κ2) is 7.22. The van der Waals surface area contributed by atoms with Crippen molar-refractivity contribution in [1.82, 2.24) is 4.90 Å². The Hall–Kier alpha value is -2.14. The molecule has 0 spiro atoms. The van der Waals surface area contributed by atoms with Crippen molar-refractivity contribution in [1.29, 1.82) is 0 Å². The summed E-state index contributed by atoms with van der Waals surface area (Å²) in [6, 6.07) is 10.6. The maximum atomic E-state index is 12.4. The first kappa shape index (κ1) is 16.2. The lowest BCUT2D eigenvalue weighted by molar-refractivity contribution is -0.134. The number of benzene rings is 1. The molecule has 0 bridgehead atoms. The van der Waals surface area contributed by atoms with Gasteiger partial charge in [0.25, 0.3) is 0 Å². The first-order valence-corrected chi connectivity index (χ1v) is 7.95. The van der Waals surface area contributed by atoms with E-state index >= 15 is 0 Å². The van der Waals surface area contributed by atoms with Crippen LogP contribution in [0, 0.1) is 5.92 Å². The molecule has 0 radical (unpaired) electrons. The molecular weight excluding hydrogens is 298 g/mol. The van der Waals surface area contributed by atoms with E-state index < -0.39 is 5.97 Å². The number of aromatic carboxylic acids is 1. The highest BCUT2D eigenvalue weighted by molar-refractivity contribution is 7.09. The number of hydrogen-bond acceptors (Lipinski definition) is 3. The van der Waals surface area contributed by atoms with E-state index in [1.807, 2.05) is 24.4 Å². The van der Waals surface area contributed by atoms with Crippen molar-refractivity contribution in [3.63, 3.8) is 0 Å². The molecule has 116 valence electrons. The van der Waals surface area contributed by atoms with Crippen LogP contribution < -0.4 is 0 Å². The zero-order valence-corrected chi connectivity index (χ0v) is 13.5. The van der Waals surface area contributed by atoms with Crippen LogP contribution in [0.4, 0.5) is 0 Å². The van der Waals surface area contributed by atoms with Gasteiger partial charge in [-0.2, -0.15) is 0 Å². The molecule has 1 atom stereocenters. The van der Waals surface area contributed by atoms with Crippen LogP contribution in [0.15, 0.2) is 41.8 Å². The predicted octanol–water partition coefficient (Wildman–Crippen LogP) is 3.28. The molecule has 1 unspecified atom stereocenters. The van der Waals surface area contributed by atoms with Gasteiger partial charge in [0.05, 0.1) is 5.56 Å². The minimum absolute atomic E-state index is 0.0676. The highest BCUT2D eigenvalue weighted by Gasteiger charge is 2.18. The van der Waals surface area contributed by atoms with Gasteiger partial charge >= 0.3 is 5.97 Å². The molecule has 0 aliphatic carbocycles. The Balaban J connectivity index is 1.94. The van der Waals surface area contributed by atoms with Gasteiger partial charge in [-0.25, -0.2) is 4.79 Å². The third kappa shape index (κ3) is 4.18. The molecule has 1 N–H and O–H groups in total. The van der Waals surface area contributed by atoms with Gasteiger partial charge in [0.15, 0.2) is 0 Å². The van der Waals surface area contributed by atoms with Gasteiger partial charge in [0, 0.05) is 24.4 Å². The maximum absolute atomic E-state index is 12.4. The Labute approximate surface area is 134 Å². The van der Waals surface area contributed by atoms with Gasteiger partial charge in [0.2, 0.25) is 5.91 Å². The Kier molecular flexibility index (Phi) is 5.33. The summed E-state index contributed by atoms with van der Waals surface area (Å²) >= 11 is 1.66. The van der Waals surface area contributed by atoms with Gasteiger partial charge in [-0.3, -0.25) is 4.79 Å². The lowest BCUT2D eigenvalue weighted by Crippen LogP contribution is -2.32. The van der Waals surface area contributed by atoms with Crippen LogP contribution in [-0.2, 0) is 17.8 Å². The SMILES string of the molecule is CC(Cc1cccs1)C(=O)N(C)Cc1ccc(C(=O)O)cc1. The summed E-state index contributed by atoms with van der Waals surface area (Å²) in [5, 5.41) is 10.9. The molecule has 0 aliphatic heterocycles. The molecule has 5 heteroatoms. The van der Waals surface area contributed by atoms with Crippen molar-refractivity contribution in [3.8, 4) is 0 Å². The van der Waals surface area contributed by atoms with E-state index in [4.69, 9.17) is 5.11 Å². The molecule has 1 amide bonds. The van der Waals surface area contributed by atoms with Gasteiger partial charge in [-0.15, -0.1) is 11.3 Å². The lowest BCUT2D eigenvalue weighted by Gasteiger charge is -2.21. The zero-order chi connectivity index (χ0) is 16.1. The lowest BCUT2D eigenvalue weighted by atomic mass is 10.0. The highest BCUT2D eigenvalue weighted by atomic mass is 32.1. The van der Waals surface area contributed by atoms with Crippen molar-refractivity contribution in [2.24, 2.45) is 5.92 Å². The Morgan fingerprint density at radius 1 is 1.23 bits per heavy atom. The van der Waals surface area contributed by atoms with Crippen molar-refractivity contribution < 1.29 is 14.7 Å². The van der Waals surface area contributed by atoms with Gasteiger partial charge < -0.3 is 10.0 Å². The standard InChI is InChI=1S/C17H19NO3S/c1-12(10-15-4-3-9-22-15)16(19)18(2)11-13-5-7-14(8-6-13)17(20)21/h3-9,12H,10-11H2,1-2H3,(H,20,21). The van der Waals surface area contributed by atoms with Crippen LogP contribution in [0.25, 0.3) is 0 Å². The summed E-state index contributed by atoms with van der Waals surface area (Å²) in [6.45, 7) is 2.42. The van der Waals surface area contributed by atoms with Crippen molar-refractivity contribution in [2.75, 3.05) is 7.05 Å². The summed E-state index contributed by atoms with van der Waals surface area (Å²) in [4.78, 5) is 26.1. The average molecular weight is 317 g/mol. The van der Waals surface area contributed by atoms with E-state index in [-0.39, 0.29) is 17.4 Å². The molecule has 1 aromatic carbocycles. The van der Waals surface area contributed by atoms with Crippen molar-refractivity contribution in [3.05, 3.63) is 57.8 Å². The van der Waals surface area contributed by atoms with Gasteiger partial charge in [-0.1, -0.05) is 25.1 Å². The third-order valence-corrected chi connectivity index (χ3v) is 4.40. The summed E-state index contributed by atoms with van der Waals surface area (Å²) < 4.78 is 0. The topological polar surface area (TPSA) is 57.6 Å². The Bertz CT molecular complexity index is 634. The Morgan fingerprint density at radius 2 is 1.91 bits per heavy atom. The molecular formula is C17H19NO3S. The molecule has 1 aromatic heterocycles. The summed E-state index contributed by atoms with van der Waals surface area (Å²) in [6.07, 6.45) is 0.749. The zero-order valence-electron chi connectivity index (χ0n) is 12.7. The minimum atomic E-state index is -0.944. The first-order chi connectivity index (χ1) is 10.5. The quantitative estimate of drug-likeness (QED) is 0.889. The van der Waals surface area contributed by atoms with E-state index in [0.29, 0.717) is 6.54 Å². The second-order valence-electron chi connectivity index (χ2n) is 5.38. The molecule has 0 saturated carbocycles. The van der Waals surface area contributed by atoms with Gasteiger partial charge in [-0.05, 0) is 35.6 Å². The number of thiophene rings is 1. The molecule has 0 aliphatic rings. The van der Waals surface area contributed by atoms with E-state index in [1.54, 1.807) is 47.5 Å². The smallest absolute Gasteiger partial charge is 0.335 e. The van der Waals surface area contributed by atoms with E-state index in [0.717, 1.165) is 12.0 Å². The number of hydrogen-bond donors (Lipinski definition) is 1. The number of carbonyl (C=O) groups excluding carboxylic acids is 1. The number of carbonyl (C=O) groups is 2. The maximum Gasteiger partial charge on any atom is 0.335 e. The van der Waals surface area contributed by atoms with Crippen molar-refractivity contribution in [2.45, 2.75) is 19.9 Å². The van der Waals surface area contributed by atoms with E-state index in [1.165, 1.54) is 4.88 Å². The van der Waals surface area contributed by atoms with E-state index in [2.05, 4.69) is 0 Å². The summed E-state index contributed by atoms with van der Waals surface area (Å²) in [5.41, 5.74) is 1.17. The van der Waals surface area contributed by atoms with Crippen LogP contribution in [0.3, 0.4) is 0 Å². The minimum Gasteiger partial charge on any atom is -0.478 e. The average Bonchev–Trinajstić information content (AvgIpc) is 2.99. The second-order valence-corrected chi connectivity index (χ2v) is 6.41. The predicted molar refractivity (Wildman–Crippen MR) is 87.1 cm³/mol. The molecule has 22 heavy (non-hydrogen) atoms. The monoisotopic (exact) mass is 317 g/mol. The van der Waals surface area contributed by atoms with Crippen LogP contribution >= 0.6 is 11.3 Å². The molecule has 4 nitrogen and oxygen atoms in total. The van der Waals surface area contributed by atoms with Gasteiger partial charge in [0.1, 0.15) is 0 Å². The molecule has 2 rings (SSSR count). The fourth-order valence-corrected chi connectivity index (χ4v) is 3.13. The number of rotatable bonds is 6. The highest BCUT2D eigenvalue weighted by Crippen LogP contribution is 2.17. The Morgan fingerprint density at radius 3 is 2.45 bits per heavy atom. The fraction of sp³-hybridized carbons (Fsp3) is 0.294.